The highest BCUT2D eigenvalue weighted by Crippen LogP contribution is 2.29. The van der Waals surface area contributed by atoms with Crippen molar-refractivity contribution >= 4 is 23.3 Å². The van der Waals surface area contributed by atoms with Crippen LogP contribution in [0.4, 0.5) is 10.5 Å². The summed E-state index contributed by atoms with van der Waals surface area (Å²) in [6.07, 6.45) is 5.75. The summed E-state index contributed by atoms with van der Waals surface area (Å²) in [6, 6.07) is 5.87. The highest BCUT2D eigenvalue weighted by Gasteiger charge is 2.25. The molecule has 2 aliphatic rings. The zero-order chi connectivity index (χ0) is 17.8. The fraction of sp³-hybridized carbons (Fsp3) is 0.526. The Morgan fingerprint density at radius 2 is 2.24 bits per heavy atom. The number of amides is 2. The molecule has 1 aliphatic carbocycles. The Kier molecular flexibility index (Phi) is 5.86. The third-order valence-corrected chi connectivity index (χ3v) is 5.31. The van der Waals surface area contributed by atoms with Crippen LogP contribution >= 0.6 is 11.6 Å². The van der Waals surface area contributed by atoms with Gasteiger partial charge in [-0.25, -0.2) is 4.79 Å². The molecule has 1 fully saturated rings. The van der Waals surface area contributed by atoms with Gasteiger partial charge in [-0.15, -0.1) is 0 Å². The number of nitrogens with zero attached hydrogens (tertiary/aromatic N) is 1. The molecule has 6 heteroatoms. The average Bonchev–Trinajstić information content (AvgIpc) is 3.24. The van der Waals surface area contributed by atoms with E-state index in [1.807, 2.05) is 30.4 Å². The molecule has 1 heterocycles. The van der Waals surface area contributed by atoms with E-state index in [-0.39, 0.29) is 24.6 Å². The van der Waals surface area contributed by atoms with Gasteiger partial charge < -0.3 is 20.6 Å². The zero-order valence-corrected chi connectivity index (χ0v) is 15.3. The molecule has 3 N–H and O–H groups in total. The molecule has 136 valence electrons. The first-order chi connectivity index (χ1) is 12.0. The van der Waals surface area contributed by atoms with E-state index in [4.69, 9.17) is 16.7 Å². The molecule has 0 radical (unpaired) electrons. The SMILES string of the molecule is Cc1ccc(Cl)cc1N1CCC(CNC(=O)N[C@@H]2C=C[C@H](CO)C2)C1. The number of hydrogen-bond acceptors (Lipinski definition) is 3. The third-order valence-electron chi connectivity index (χ3n) is 5.07. The topological polar surface area (TPSA) is 64.6 Å². The van der Waals surface area contributed by atoms with Gasteiger partial charge in [-0.05, 0) is 43.4 Å². The van der Waals surface area contributed by atoms with Gasteiger partial charge >= 0.3 is 6.03 Å². The maximum atomic E-state index is 12.1. The lowest BCUT2D eigenvalue weighted by Crippen LogP contribution is -2.43. The molecule has 1 unspecified atom stereocenters. The molecule has 25 heavy (non-hydrogen) atoms. The second kappa shape index (κ2) is 8.11. The number of hydrogen-bond donors (Lipinski definition) is 3. The van der Waals surface area contributed by atoms with Crippen LogP contribution in [0.5, 0.6) is 0 Å². The van der Waals surface area contributed by atoms with Gasteiger partial charge in [0.25, 0.3) is 0 Å². The Balaban J connectivity index is 1.43. The van der Waals surface area contributed by atoms with Gasteiger partial charge in [0.2, 0.25) is 0 Å². The molecular weight excluding hydrogens is 338 g/mol. The maximum Gasteiger partial charge on any atom is 0.315 e. The van der Waals surface area contributed by atoms with Crippen LogP contribution in [0.25, 0.3) is 0 Å². The van der Waals surface area contributed by atoms with Crippen LogP contribution in [0.15, 0.2) is 30.4 Å². The van der Waals surface area contributed by atoms with Crippen molar-refractivity contribution in [2.24, 2.45) is 11.8 Å². The number of nitrogens with one attached hydrogen (secondary N) is 2. The smallest absolute Gasteiger partial charge is 0.315 e. The number of carbonyl (C=O) groups is 1. The molecule has 1 aromatic carbocycles. The Morgan fingerprint density at radius 3 is 3.00 bits per heavy atom. The monoisotopic (exact) mass is 363 g/mol. The first-order valence-electron chi connectivity index (χ1n) is 8.90. The molecule has 1 aliphatic heterocycles. The molecule has 0 spiro atoms. The van der Waals surface area contributed by atoms with Gasteiger partial charge in [0.1, 0.15) is 0 Å². The summed E-state index contributed by atoms with van der Waals surface area (Å²) in [5.41, 5.74) is 2.41. The van der Waals surface area contributed by atoms with Gasteiger partial charge in [0.15, 0.2) is 0 Å². The fourth-order valence-corrected chi connectivity index (χ4v) is 3.78. The van der Waals surface area contributed by atoms with E-state index in [1.165, 1.54) is 11.3 Å². The molecule has 0 aromatic heterocycles. The lowest BCUT2D eigenvalue weighted by atomic mass is 10.1. The van der Waals surface area contributed by atoms with Crippen molar-refractivity contribution in [3.63, 3.8) is 0 Å². The largest absolute Gasteiger partial charge is 0.396 e. The molecule has 1 saturated heterocycles. The van der Waals surface area contributed by atoms with Crippen LogP contribution in [-0.4, -0.2) is 43.4 Å². The number of aryl methyl sites for hydroxylation is 1. The second-order valence-electron chi connectivity index (χ2n) is 7.06. The summed E-state index contributed by atoms with van der Waals surface area (Å²) in [7, 11) is 0. The summed E-state index contributed by atoms with van der Waals surface area (Å²) in [5, 5.41) is 15.8. The Hall–Kier alpha value is -1.72. The first kappa shape index (κ1) is 18.1. The first-order valence-corrected chi connectivity index (χ1v) is 9.27. The minimum absolute atomic E-state index is 0.0198. The van der Waals surface area contributed by atoms with Crippen molar-refractivity contribution in [2.45, 2.75) is 25.8 Å². The number of carbonyl (C=O) groups excluding carboxylic acids is 1. The lowest BCUT2D eigenvalue weighted by molar-refractivity contribution is 0.230. The van der Waals surface area contributed by atoms with Crippen LogP contribution in [0, 0.1) is 18.8 Å². The summed E-state index contributed by atoms with van der Waals surface area (Å²) in [5.74, 6) is 0.600. The number of benzene rings is 1. The van der Waals surface area contributed by atoms with Gasteiger partial charge in [-0.3, -0.25) is 0 Å². The normalized spacial score (nSPS) is 25.4. The highest BCUT2D eigenvalue weighted by atomic mass is 35.5. The molecule has 1 aromatic rings. The molecule has 3 rings (SSSR count). The number of rotatable bonds is 5. The minimum Gasteiger partial charge on any atom is -0.396 e. The molecule has 3 atom stereocenters. The summed E-state index contributed by atoms with van der Waals surface area (Å²) in [4.78, 5) is 14.4. The zero-order valence-electron chi connectivity index (χ0n) is 14.5. The van der Waals surface area contributed by atoms with E-state index < -0.39 is 0 Å². The number of urea groups is 1. The van der Waals surface area contributed by atoms with E-state index in [1.54, 1.807) is 0 Å². The van der Waals surface area contributed by atoms with E-state index >= 15 is 0 Å². The van der Waals surface area contributed by atoms with Crippen LogP contribution in [0.2, 0.25) is 5.02 Å². The summed E-state index contributed by atoms with van der Waals surface area (Å²) < 4.78 is 0. The third kappa shape index (κ3) is 4.67. The van der Waals surface area contributed by atoms with Crippen LogP contribution in [0.1, 0.15) is 18.4 Å². The molecule has 0 saturated carbocycles. The fourth-order valence-electron chi connectivity index (χ4n) is 3.61. The number of aliphatic hydroxyl groups excluding tert-OH is 1. The van der Waals surface area contributed by atoms with Gasteiger partial charge in [0, 0.05) is 48.9 Å². The van der Waals surface area contributed by atoms with Crippen molar-refractivity contribution in [3.8, 4) is 0 Å². The predicted octanol–water partition coefficient (Wildman–Crippen LogP) is 2.71. The summed E-state index contributed by atoms with van der Waals surface area (Å²) in [6.45, 7) is 4.81. The number of anilines is 1. The maximum absolute atomic E-state index is 12.1. The molecule has 0 bridgehead atoms. The molecule has 2 amide bonds. The van der Waals surface area contributed by atoms with Gasteiger partial charge in [-0.2, -0.15) is 0 Å². The van der Waals surface area contributed by atoms with E-state index in [9.17, 15) is 4.79 Å². The van der Waals surface area contributed by atoms with Gasteiger partial charge in [-0.1, -0.05) is 29.8 Å². The van der Waals surface area contributed by atoms with Crippen LogP contribution in [0.3, 0.4) is 0 Å². The van der Waals surface area contributed by atoms with E-state index in [0.29, 0.717) is 12.5 Å². The van der Waals surface area contributed by atoms with E-state index in [0.717, 1.165) is 31.0 Å². The van der Waals surface area contributed by atoms with Crippen molar-refractivity contribution in [2.75, 3.05) is 31.1 Å². The summed E-state index contributed by atoms with van der Waals surface area (Å²) >= 11 is 6.12. The van der Waals surface area contributed by atoms with E-state index in [2.05, 4.69) is 22.5 Å². The minimum atomic E-state index is -0.134. The van der Waals surface area contributed by atoms with Gasteiger partial charge in [0.05, 0.1) is 0 Å². The van der Waals surface area contributed by atoms with Crippen molar-refractivity contribution in [1.29, 1.82) is 0 Å². The van der Waals surface area contributed by atoms with Crippen molar-refractivity contribution < 1.29 is 9.90 Å². The number of halogens is 1. The predicted molar refractivity (Wildman–Crippen MR) is 101 cm³/mol. The quantitative estimate of drug-likeness (QED) is 0.705. The number of aliphatic hydroxyl groups is 1. The Labute approximate surface area is 154 Å². The van der Waals surface area contributed by atoms with Crippen molar-refractivity contribution in [3.05, 3.63) is 40.9 Å². The van der Waals surface area contributed by atoms with Crippen molar-refractivity contribution in [1.82, 2.24) is 10.6 Å². The average molecular weight is 364 g/mol. The Morgan fingerprint density at radius 1 is 1.40 bits per heavy atom. The van der Waals surface area contributed by atoms with Crippen LogP contribution < -0.4 is 15.5 Å². The highest BCUT2D eigenvalue weighted by molar-refractivity contribution is 6.30. The molecule has 5 nitrogen and oxygen atoms in total. The lowest BCUT2D eigenvalue weighted by Gasteiger charge is -2.21. The Bertz CT molecular complexity index is 650. The standard InChI is InChI=1S/C19H26ClN3O2/c1-13-2-4-16(20)9-18(13)23-7-6-15(11-23)10-21-19(25)22-17-5-3-14(8-17)12-24/h2-5,9,14-15,17,24H,6-8,10-12H2,1H3,(H2,21,22,25)/t14-,15?,17+/m0/s1. The second-order valence-corrected chi connectivity index (χ2v) is 7.49. The molecular formula is C19H26ClN3O2. The van der Waals surface area contributed by atoms with Crippen LogP contribution in [-0.2, 0) is 0 Å².